The van der Waals surface area contributed by atoms with Gasteiger partial charge in [0.15, 0.2) is 0 Å². The smallest absolute Gasteiger partial charge is 0.141 e. The van der Waals surface area contributed by atoms with Crippen molar-refractivity contribution >= 4 is 0 Å². The molecule has 1 aliphatic carbocycles. The van der Waals surface area contributed by atoms with Crippen LogP contribution in [0.15, 0.2) is 12.1 Å². The van der Waals surface area contributed by atoms with Gasteiger partial charge in [-0.05, 0) is 42.5 Å². The first kappa shape index (κ1) is 9.17. The summed E-state index contributed by atoms with van der Waals surface area (Å²) >= 11 is 0. The first-order chi connectivity index (χ1) is 6.70. The topological polar surface area (TPSA) is 49.8 Å². The van der Waals surface area contributed by atoms with Gasteiger partial charge in [-0.3, -0.25) is 0 Å². The van der Waals surface area contributed by atoms with Gasteiger partial charge in [0.1, 0.15) is 11.9 Å². The van der Waals surface area contributed by atoms with Crippen LogP contribution in [0, 0.1) is 17.1 Å². The zero-order valence-electron chi connectivity index (χ0n) is 7.76. The van der Waals surface area contributed by atoms with E-state index in [2.05, 4.69) is 0 Å². The molecule has 2 rings (SSSR count). The molecule has 2 nitrogen and oxygen atoms in total. The van der Waals surface area contributed by atoms with Crippen LogP contribution in [0.3, 0.4) is 0 Å². The predicted octanol–water partition coefficient (Wildman–Crippen LogP) is 1.51. The van der Waals surface area contributed by atoms with E-state index in [9.17, 15) is 4.39 Å². The third-order valence-electron chi connectivity index (χ3n) is 2.68. The molecule has 0 saturated carbocycles. The second kappa shape index (κ2) is 3.39. The molecular formula is C11H11FN2. The fourth-order valence-corrected chi connectivity index (χ4v) is 1.89. The fourth-order valence-electron chi connectivity index (χ4n) is 1.89. The number of fused-ring (bicyclic) bond motifs is 1. The Bertz CT molecular complexity index is 406. The van der Waals surface area contributed by atoms with Crippen molar-refractivity contribution in [3.8, 4) is 6.07 Å². The van der Waals surface area contributed by atoms with Crippen LogP contribution >= 0.6 is 0 Å². The second-order valence-corrected chi connectivity index (χ2v) is 3.72. The van der Waals surface area contributed by atoms with E-state index in [1.165, 1.54) is 6.07 Å². The van der Waals surface area contributed by atoms with Crippen molar-refractivity contribution < 1.29 is 4.39 Å². The minimum absolute atomic E-state index is 0.134. The highest BCUT2D eigenvalue weighted by Gasteiger charge is 2.17. The van der Waals surface area contributed by atoms with E-state index >= 15 is 0 Å². The van der Waals surface area contributed by atoms with Crippen molar-refractivity contribution in [2.24, 2.45) is 5.73 Å². The van der Waals surface area contributed by atoms with Crippen LogP contribution in [0.4, 0.5) is 4.39 Å². The fraction of sp³-hybridized carbons (Fsp3) is 0.364. The van der Waals surface area contributed by atoms with Crippen LogP contribution in [0.25, 0.3) is 0 Å². The van der Waals surface area contributed by atoms with Gasteiger partial charge in [-0.2, -0.15) is 5.26 Å². The molecule has 14 heavy (non-hydrogen) atoms. The monoisotopic (exact) mass is 190 g/mol. The van der Waals surface area contributed by atoms with Gasteiger partial charge < -0.3 is 5.73 Å². The Morgan fingerprint density at radius 3 is 2.93 bits per heavy atom. The summed E-state index contributed by atoms with van der Waals surface area (Å²) in [5.74, 6) is -0.430. The van der Waals surface area contributed by atoms with E-state index in [0.29, 0.717) is 0 Å². The van der Waals surface area contributed by atoms with Crippen molar-refractivity contribution in [3.05, 3.63) is 34.6 Å². The van der Waals surface area contributed by atoms with E-state index in [1.807, 2.05) is 6.07 Å². The minimum atomic E-state index is -0.430. The molecule has 0 aromatic heterocycles. The van der Waals surface area contributed by atoms with Gasteiger partial charge in [0, 0.05) is 6.04 Å². The second-order valence-electron chi connectivity index (χ2n) is 3.72. The maximum atomic E-state index is 13.2. The van der Waals surface area contributed by atoms with Gasteiger partial charge in [-0.25, -0.2) is 4.39 Å². The Kier molecular flexibility index (Phi) is 2.22. The van der Waals surface area contributed by atoms with Crippen LogP contribution in [0.1, 0.15) is 23.1 Å². The number of hydrogen-bond donors (Lipinski definition) is 1. The van der Waals surface area contributed by atoms with Crippen molar-refractivity contribution in [3.63, 3.8) is 0 Å². The van der Waals surface area contributed by atoms with Gasteiger partial charge in [0.2, 0.25) is 0 Å². The predicted molar refractivity (Wildman–Crippen MR) is 51.1 cm³/mol. The number of nitriles is 1. The number of rotatable bonds is 0. The number of halogens is 1. The molecule has 0 saturated heterocycles. The molecule has 0 unspecified atom stereocenters. The number of nitrogens with zero attached hydrogens (tertiary/aromatic N) is 1. The van der Waals surface area contributed by atoms with Gasteiger partial charge >= 0.3 is 0 Å². The van der Waals surface area contributed by atoms with Crippen LogP contribution in [0.2, 0.25) is 0 Å². The summed E-state index contributed by atoms with van der Waals surface area (Å²) in [4.78, 5) is 0. The van der Waals surface area contributed by atoms with Crippen LogP contribution in [-0.2, 0) is 12.8 Å². The SMILES string of the molecule is N#Cc1cc2c(cc1F)C[C@@H](N)CC2. The summed E-state index contributed by atoms with van der Waals surface area (Å²) < 4.78 is 13.2. The molecule has 2 N–H and O–H groups in total. The quantitative estimate of drug-likeness (QED) is 0.674. The highest BCUT2D eigenvalue weighted by molar-refractivity contribution is 5.41. The molecule has 0 heterocycles. The molecule has 0 spiro atoms. The Hall–Kier alpha value is -1.40. The third-order valence-corrected chi connectivity index (χ3v) is 2.68. The summed E-state index contributed by atoms with van der Waals surface area (Å²) in [6, 6.07) is 5.09. The Labute approximate surface area is 82.1 Å². The van der Waals surface area contributed by atoms with Crippen LogP contribution in [-0.4, -0.2) is 6.04 Å². The number of benzene rings is 1. The summed E-state index contributed by atoms with van der Waals surface area (Å²) in [5.41, 5.74) is 7.95. The Morgan fingerprint density at radius 2 is 2.21 bits per heavy atom. The van der Waals surface area contributed by atoms with E-state index < -0.39 is 5.82 Å². The molecule has 1 aromatic carbocycles. The van der Waals surface area contributed by atoms with Crippen molar-refractivity contribution in [1.29, 1.82) is 5.26 Å². The molecule has 0 amide bonds. The zero-order chi connectivity index (χ0) is 10.1. The summed E-state index contributed by atoms with van der Waals surface area (Å²) in [6.07, 6.45) is 2.49. The first-order valence-electron chi connectivity index (χ1n) is 4.67. The molecule has 0 radical (unpaired) electrons. The van der Waals surface area contributed by atoms with E-state index in [0.717, 1.165) is 30.4 Å². The molecule has 1 aliphatic rings. The lowest BCUT2D eigenvalue weighted by Crippen LogP contribution is -2.28. The van der Waals surface area contributed by atoms with Crippen LogP contribution in [0.5, 0.6) is 0 Å². The maximum absolute atomic E-state index is 13.2. The summed E-state index contributed by atoms with van der Waals surface area (Å²) in [6.45, 7) is 0. The minimum Gasteiger partial charge on any atom is -0.327 e. The maximum Gasteiger partial charge on any atom is 0.141 e. The van der Waals surface area contributed by atoms with Crippen molar-refractivity contribution in [2.75, 3.05) is 0 Å². The van der Waals surface area contributed by atoms with Crippen molar-refractivity contribution in [2.45, 2.75) is 25.3 Å². The lowest BCUT2D eigenvalue weighted by molar-refractivity contribution is 0.564. The first-order valence-corrected chi connectivity index (χ1v) is 4.67. The summed E-state index contributed by atoms with van der Waals surface area (Å²) in [5, 5.41) is 8.66. The van der Waals surface area contributed by atoms with Gasteiger partial charge in [-0.15, -0.1) is 0 Å². The van der Waals surface area contributed by atoms with E-state index in [4.69, 9.17) is 11.0 Å². The molecular weight excluding hydrogens is 179 g/mol. The van der Waals surface area contributed by atoms with Crippen molar-refractivity contribution in [1.82, 2.24) is 0 Å². The van der Waals surface area contributed by atoms with Crippen LogP contribution < -0.4 is 5.73 Å². The molecule has 1 aromatic rings. The van der Waals surface area contributed by atoms with Gasteiger partial charge in [-0.1, -0.05) is 0 Å². The third kappa shape index (κ3) is 1.49. The Balaban J connectivity index is 2.47. The Morgan fingerprint density at radius 1 is 1.43 bits per heavy atom. The largest absolute Gasteiger partial charge is 0.327 e. The van der Waals surface area contributed by atoms with E-state index in [-0.39, 0.29) is 11.6 Å². The normalized spacial score (nSPS) is 19.9. The van der Waals surface area contributed by atoms with Gasteiger partial charge in [0.05, 0.1) is 5.56 Å². The van der Waals surface area contributed by atoms with Gasteiger partial charge in [0.25, 0.3) is 0 Å². The number of aryl methyl sites for hydroxylation is 1. The lowest BCUT2D eigenvalue weighted by atomic mass is 9.87. The molecule has 1 atom stereocenters. The molecule has 0 bridgehead atoms. The number of hydrogen-bond acceptors (Lipinski definition) is 2. The average Bonchev–Trinajstić information content (AvgIpc) is 2.16. The molecule has 72 valence electrons. The molecule has 0 aliphatic heterocycles. The number of nitrogens with two attached hydrogens (primary N) is 1. The summed E-state index contributed by atoms with van der Waals surface area (Å²) in [7, 11) is 0. The highest BCUT2D eigenvalue weighted by Crippen LogP contribution is 2.23. The standard InChI is InChI=1S/C11H11FN2/c12-11-5-8-4-10(14)2-1-7(8)3-9(11)6-13/h3,5,10H,1-2,4,14H2/t10-/m0/s1. The highest BCUT2D eigenvalue weighted by atomic mass is 19.1. The zero-order valence-corrected chi connectivity index (χ0v) is 7.76. The average molecular weight is 190 g/mol. The lowest BCUT2D eigenvalue weighted by Gasteiger charge is -2.21. The molecule has 3 heteroatoms. The molecule has 0 fully saturated rings. The van der Waals surface area contributed by atoms with E-state index in [1.54, 1.807) is 6.07 Å².